The summed E-state index contributed by atoms with van der Waals surface area (Å²) in [5, 5.41) is 0. The molecule has 1 aromatic heterocycles. The van der Waals surface area contributed by atoms with E-state index in [1.54, 1.807) is 6.26 Å². The van der Waals surface area contributed by atoms with Crippen molar-refractivity contribution in [2.45, 2.75) is 52.9 Å². The van der Waals surface area contributed by atoms with Crippen molar-refractivity contribution >= 4 is 11.6 Å². The highest BCUT2D eigenvalue weighted by atomic mass is 35.5. The molecule has 2 rings (SSSR count). The molecule has 1 fully saturated rings. The minimum Gasteiger partial charge on any atom is -0.469 e. The summed E-state index contributed by atoms with van der Waals surface area (Å²) in [7, 11) is 0. The second-order valence-electron chi connectivity index (χ2n) is 7.03. The van der Waals surface area contributed by atoms with Gasteiger partial charge in [0.1, 0.15) is 5.76 Å². The van der Waals surface area contributed by atoms with Crippen LogP contribution >= 0.6 is 11.6 Å². The molecule has 1 saturated carbocycles. The van der Waals surface area contributed by atoms with Crippen molar-refractivity contribution in [3.63, 3.8) is 0 Å². The van der Waals surface area contributed by atoms with Crippen LogP contribution in [0.25, 0.3) is 0 Å². The van der Waals surface area contributed by atoms with Crippen molar-refractivity contribution in [3.05, 3.63) is 24.2 Å². The van der Waals surface area contributed by atoms with Crippen LogP contribution in [0.4, 0.5) is 0 Å². The minimum absolute atomic E-state index is 0.265. The minimum atomic E-state index is 0.265. The van der Waals surface area contributed by atoms with Gasteiger partial charge in [0.2, 0.25) is 0 Å². The highest BCUT2D eigenvalue weighted by Crippen LogP contribution is 2.47. The van der Waals surface area contributed by atoms with Gasteiger partial charge in [-0.3, -0.25) is 0 Å². The van der Waals surface area contributed by atoms with Crippen LogP contribution in [0.3, 0.4) is 0 Å². The van der Waals surface area contributed by atoms with Crippen molar-refractivity contribution in [2.24, 2.45) is 16.7 Å². The molecule has 0 amide bonds. The maximum absolute atomic E-state index is 6.27. The molecule has 0 atom stereocenters. The van der Waals surface area contributed by atoms with E-state index < -0.39 is 0 Å². The third-order valence-corrected chi connectivity index (χ3v) is 5.25. The number of halogens is 1. The van der Waals surface area contributed by atoms with Crippen LogP contribution < -0.4 is 0 Å². The Morgan fingerprint density at radius 3 is 2.44 bits per heavy atom. The molecule has 1 aromatic rings. The first-order valence-corrected chi connectivity index (χ1v) is 7.57. The summed E-state index contributed by atoms with van der Waals surface area (Å²) in [5.41, 5.74) is 0.699. The molecule has 102 valence electrons. The molecule has 0 aromatic carbocycles. The number of furan rings is 1. The van der Waals surface area contributed by atoms with E-state index in [4.69, 9.17) is 16.0 Å². The van der Waals surface area contributed by atoms with E-state index in [2.05, 4.69) is 26.8 Å². The summed E-state index contributed by atoms with van der Waals surface area (Å²) in [6.07, 6.45) is 7.84. The van der Waals surface area contributed by atoms with Crippen molar-refractivity contribution < 1.29 is 4.42 Å². The van der Waals surface area contributed by atoms with Crippen LogP contribution in [0.15, 0.2) is 22.8 Å². The molecular weight excluding hydrogens is 244 g/mol. The number of hydrogen-bond donors (Lipinski definition) is 0. The highest BCUT2D eigenvalue weighted by molar-refractivity contribution is 6.18. The van der Waals surface area contributed by atoms with Crippen molar-refractivity contribution in [1.82, 2.24) is 0 Å². The molecule has 1 aliphatic carbocycles. The van der Waals surface area contributed by atoms with Gasteiger partial charge >= 0.3 is 0 Å². The summed E-state index contributed by atoms with van der Waals surface area (Å²) in [6.45, 7) is 7.08. The van der Waals surface area contributed by atoms with Gasteiger partial charge in [-0.2, -0.15) is 0 Å². The van der Waals surface area contributed by atoms with Crippen LogP contribution in [0.5, 0.6) is 0 Å². The molecule has 0 N–H and O–H groups in total. The molecule has 0 radical (unpaired) electrons. The average Bonchev–Trinajstić information content (AvgIpc) is 2.81. The van der Waals surface area contributed by atoms with Crippen LogP contribution in [0.2, 0.25) is 0 Å². The van der Waals surface area contributed by atoms with Crippen LogP contribution in [0, 0.1) is 16.7 Å². The molecule has 0 aliphatic heterocycles. The topological polar surface area (TPSA) is 13.1 Å². The smallest absolute Gasteiger partial charge is 0.104 e. The fourth-order valence-corrected chi connectivity index (χ4v) is 3.60. The van der Waals surface area contributed by atoms with Gasteiger partial charge in [-0.05, 0) is 54.6 Å². The molecule has 0 saturated heterocycles. The van der Waals surface area contributed by atoms with Crippen molar-refractivity contribution in [3.8, 4) is 0 Å². The van der Waals surface area contributed by atoms with E-state index in [-0.39, 0.29) is 5.41 Å². The lowest BCUT2D eigenvalue weighted by atomic mass is 9.63. The Balaban J connectivity index is 2.00. The Hall–Kier alpha value is -0.430. The Morgan fingerprint density at radius 2 is 2.00 bits per heavy atom. The Bertz CT molecular complexity index is 353. The zero-order valence-corrected chi connectivity index (χ0v) is 12.6. The maximum Gasteiger partial charge on any atom is 0.104 e. The third kappa shape index (κ3) is 3.12. The van der Waals surface area contributed by atoms with Crippen LogP contribution in [-0.4, -0.2) is 5.88 Å². The van der Waals surface area contributed by atoms with E-state index in [0.717, 1.165) is 24.0 Å². The predicted octanol–water partition coefficient (Wildman–Crippen LogP) is 5.28. The zero-order chi connectivity index (χ0) is 13.2. The molecular formula is C16H25ClO. The number of alkyl halides is 1. The normalized spacial score (nSPS) is 29.4. The average molecular weight is 269 g/mol. The summed E-state index contributed by atoms with van der Waals surface area (Å²) >= 11 is 6.27. The quantitative estimate of drug-likeness (QED) is 0.680. The fourth-order valence-electron chi connectivity index (χ4n) is 3.24. The van der Waals surface area contributed by atoms with Crippen LogP contribution in [0.1, 0.15) is 52.2 Å². The zero-order valence-electron chi connectivity index (χ0n) is 11.8. The largest absolute Gasteiger partial charge is 0.469 e. The standard InChI is InChI=1S/C16H25ClO/c1-15(2,3)13-6-8-16(12-17,9-7-13)11-14-5-4-10-18-14/h4-5,10,13H,6-9,11-12H2,1-3H3. The monoisotopic (exact) mass is 268 g/mol. The number of hydrogen-bond acceptors (Lipinski definition) is 1. The van der Waals surface area contributed by atoms with Crippen LogP contribution in [-0.2, 0) is 6.42 Å². The van der Waals surface area contributed by atoms with Gasteiger partial charge in [0.25, 0.3) is 0 Å². The maximum atomic E-state index is 6.27. The first-order chi connectivity index (χ1) is 8.45. The molecule has 0 unspecified atom stereocenters. The van der Waals surface area contributed by atoms with E-state index in [0.29, 0.717) is 5.41 Å². The third-order valence-electron chi connectivity index (χ3n) is 4.68. The molecule has 0 spiro atoms. The summed E-state index contributed by atoms with van der Waals surface area (Å²) in [6, 6.07) is 4.04. The van der Waals surface area contributed by atoms with Gasteiger partial charge < -0.3 is 4.42 Å². The Morgan fingerprint density at radius 1 is 1.33 bits per heavy atom. The summed E-state index contributed by atoms with van der Waals surface area (Å²) in [5.74, 6) is 2.68. The fraction of sp³-hybridized carbons (Fsp3) is 0.750. The van der Waals surface area contributed by atoms with Gasteiger partial charge in [0.05, 0.1) is 6.26 Å². The van der Waals surface area contributed by atoms with E-state index in [1.807, 2.05) is 6.07 Å². The SMILES string of the molecule is CC(C)(C)C1CCC(CCl)(Cc2ccco2)CC1. The molecule has 1 nitrogen and oxygen atoms in total. The second-order valence-corrected chi connectivity index (χ2v) is 7.30. The highest BCUT2D eigenvalue weighted by Gasteiger charge is 2.38. The molecule has 0 bridgehead atoms. The van der Waals surface area contributed by atoms with Gasteiger partial charge in [-0.1, -0.05) is 20.8 Å². The van der Waals surface area contributed by atoms with Gasteiger partial charge in [0.15, 0.2) is 0 Å². The van der Waals surface area contributed by atoms with Gasteiger partial charge in [-0.15, -0.1) is 11.6 Å². The van der Waals surface area contributed by atoms with Gasteiger partial charge in [0, 0.05) is 12.3 Å². The molecule has 2 heteroatoms. The van der Waals surface area contributed by atoms with Crippen molar-refractivity contribution in [2.75, 3.05) is 5.88 Å². The Labute approximate surface area is 116 Å². The lowest BCUT2D eigenvalue weighted by Crippen LogP contribution is -2.35. The van der Waals surface area contributed by atoms with Crippen molar-refractivity contribution in [1.29, 1.82) is 0 Å². The Kier molecular flexibility index (Phi) is 4.11. The predicted molar refractivity (Wildman–Crippen MR) is 77.0 cm³/mol. The van der Waals surface area contributed by atoms with E-state index in [1.165, 1.54) is 25.7 Å². The first-order valence-electron chi connectivity index (χ1n) is 7.04. The van der Waals surface area contributed by atoms with Gasteiger partial charge in [-0.25, -0.2) is 0 Å². The first kappa shape index (κ1) is 14.0. The number of rotatable bonds is 3. The van der Waals surface area contributed by atoms with E-state index in [9.17, 15) is 0 Å². The molecule has 1 aliphatic rings. The molecule has 18 heavy (non-hydrogen) atoms. The molecule has 1 heterocycles. The summed E-state index contributed by atoms with van der Waals surface area (Å²) in [4.78, 5) is 0. The second kappa shape index (κ2) is 5.28. The lowest BCUT2D eigenvalue weighted by molar-refractivity contribution is 0.0981. The van der Waals surface area contributed by atoms with E-state index >= 15 is 0 Å². The summed E-state index contributed by atoms with van der Waals surface area (Å²) < 4.78 is 5.50. The lowest BCUT2D eigenvalue weighted by Gasteiger charge is -2.43.